The van der Waals surface area contributed by atoms with Gasteiger partial charge in [0.1, 0.15) is 0 Å². The van der Waals surface area contributed by atoms with E-state index in [4.69, 9.17) is 4.55 Å². The monoisotopic (exact) mass is 405 g/mol. The molecule has 1 aromatic rings. The first-order valence-electron chi connectivity index (χ1n) is 9.32. The van der Waals surface area contributed by atoms with Crippen molar-refractivity contribution in [2.45, 2.75) is 76.0 Å². The maximum Gasteiger partial charge on any atom is 0.294 e. The van der Waals surface area contributed by atoms with Gasteiger partial charge in [0.05, 0.1) is 10.6 Å². The van der Waals surface area contributed by atoms with Crippen LogP contribution in [-0.4, -0.2) is 27.1 Å². The molecule has 2 N–H and O–H groups in total. The topological polar surface area (TPSA) is 101 Å². The highest BCUT2D eigenvalue weighted by atomic mass is 32.2. The molecule has 26 heavy (non-hydrogen) atoms. The molecule has 150 valence electrons. The van der Waals surface area contributed by atoms with Crippen molar-refractivity contribution >= 4 is 25.8 Å². The molecule has 0 unspecified atom stereocenters. The Morgan fingerprint density at radius 3 is 1.92 bits per heavy atom. The minimum absolute atomic E-state index is 0.000394. The van der Waals surface area contributed by atoms with Gasteiger partial charge in [0, 0.05) is 5.69 Å². The van der Waals surface area contributed by atoms with E-state index < -0.39 is 20.1 Å². The first-order valence-corrected chi connectivity index (χ1v) is 12.4. The van der Waals surface area contributed by atoms with Gasteiger partial charge in [-0.1, -0.05) is 70.8 Å². The highest BCUT2D eigenvalue weighted by Gasteiger charge is 2.13. The van der Waals surface area contributed by atoms with Crippen LogP contribution in [0.15, 0.2) is 29.2 Å². The molecule has 0 amide bonds. The van der Waals surface area contributed by atoms with Crippen molar-refractivity contribution in [2.75, 3.05) is 10.5 Å². The van der Waals surface area contributed by atoms with E-state index in [1.807, 2.05) is 0 Å². The Bertz CT molecular complexity index is 730. The molecular weight excluding hydrogens is 374 g/mol. The smallest absolute Gasteiger partial charge is 0.284 e. The zero-order valence-corrected chi connectivity index (χ0v) is 17.1. The van der Waals surface area contributed by atoms with Gasteiger partial charge in [0.15, 0.2) is 0 Å². The lowest BCUT2D eigenvalue weighted by Crippen LogP contribution is -2.17. The van der Waals surface area contributed by atoms with Crippen LogP contribution in [0, 0.1) is 0 Å². The highest BCUT2D eigenvalue weighted by Crippen LogP contribution is 2.17. The summed E-state index contributed by atoms with van der Waals surface area (Å²) in [6.07, 6.45) is 11.2. The lowest BCUT2D eigenvalue weighted by Gasteiger charge is -2.09. The predicted molar refractivity (Wildman–Crippen MR) is 106 cm³/mol. The third kappa shape index (κ3) is 10.1. The third-order valence-corrected chi connectivity index (χ3v) is 6.39. The molecule has 0 aliphatic heterocycles. The molecule has 0 radical (unpaired) electrons. The summed E-state index contributed by atoms with van der Waals surface area (Å²) in [7, 11) is -7.88. The fourth-order valence-electron chi connectivity index (χ4n) is 2.73. The van der Waals surface area contributed by atoms with E-state index in [0.717, 1.165) is 25.3 Å². The van der Waals surface area contributed by atoms with Gasteiger partial charge in [-0.3, -0.25) is 9.27 Å². The van der Waals surface area contributed by atoms with Crippen LogP contribution in [0.25, 0.3) is 0 Å². The minimum atomic E-state index is -4.35. The van der Waals surface area contributed by atoms with Gasteiger partial charge in [-0.15, -0.1) is 0 Å². The van der Waals surface area contributed by atoms with E-state index in [9.17, 15) is 16.8 Å². The molecule has 0 spiro atoms. The predicted octanol–water partition coefficient (Wildman–Crippen LogP) is 4.60. The largest absolute Gasteiger partial charge is 0.294 e. The van der Waals surface area contributed by atoms with E-state index in [0.29, 0.717) is 6.42 Å². The Labute approximate surface area is 158 Å². The first kappa shape index (κ1) is 22.9. The SMILES string of the molecule is CCCCCCCCCCCCS(=O)(=O)Nc1cccc(S(=O)(=O)O)c1. The van der Waals surface area contributed by atoms with E-state index in [1.165, 1.54) is 56.7 Å². The molecule has 1 rings (SSSR count). The van der Waals surface area contributed by atoms with Crippen molar-refractivity contribution in [1.82, 2.24) is 0 Å². The number of unbranched alkanes of at least 4 members (excludes halogenated alkanes) is 9. The van der Waals surface area contributed by atoms with E-state index in [1.54, 1.807) is 0 Å². The van der Waals surface area contributed by atoms with Crippen LogP contribution in [0.4, 0.5) is 5.69 Å². The molecule has 0 saturated carbocycles. The highest BCUT2D eigenvalue weighted by molar-refractivity contribution is 7.92. The van der Waals surface area contributed by atoms with Gasteiger partial charge < -0.3 is 0 Å². The third-order valence-electron chi connectivity index (χ3n) is 4.17. The van der Waals surface area contributed by atoms with Crippen LogP contribution in [0.5, 0.6) is 0 Å². The maximum atomic E-state index is 12.1. The molecule has 0 aliphatic rings. The van der Waals surface area contributed by atoms with Gasteiger partial charge >= 0.3 is 0 Å². The van der Waals surface area contributed by atoms with Gasteiger partial charge in [0.2, 0.25) is 10.0 Å². The lowest BCUT2D eigenvalue weighted by atomic mass is 10.1. The minimum Gasteiger partial charge on any atom is -0.284 e. The van der Waals surface area contributed by atoms with Crippen molar-refractivity contribution in [2.24, 2.45) is 0 Å². The van der Waals surface area contributed by atoms with E-state index >= 15 is 0 Å². The summed E-state index contributed by atoms with van der Waals surface area (Å²) in [6.45, 7) is 2.20. The summed E-state index contributed by atoms with van der Waals surface area (Å²) in [5.41, 5.74) is 0.132. The number of anilines is 1. The molecule has 0 aromatic heterocycles. The molecular formula is C18H31NO5S2. The summed E-state index contributed by atoms with van der Waals surface area (Å²) < 4.78 is 57.7. The van der Waals surface area contributed by atoms with Crippen LogP contribution in [0.3, 0.4) is 0 Å². The summed E-state index contributed by atoms with van der Waals surface area (Å²) in [5.74, 6) is -0.000394. The zero-order valence-electron chi connectivity index (χ0n) is 15.5. The molecule has 0 heterocycles. The van der Waals surface area contributed by atoms with Crippen LogP contribution < -0.4 is 4.72 Å². The van der Waals surface area contributed by atoms with Gasteiger partial charge in [0.25, 0.3) is 10.1 Å². The Kier molecular flexibility index (Phi) is 10.2. The second kappa shape index (κ2) is 11.6. The normalized spacial score (nSPS) is 12.2. The molecule has 0 aliphatic carbocycles. The number of rotatable bonds is 14. The Balaban J connectivity index is 2.27. The van der Waals surface area contributed by atoms with Crippen molar-refractivity contribution < 1.29 is 21.4 Å². The van der Waals surface area contributed by atoms with Crippen molar-refractivity contribution in [1.29, 1.82) is 0 Å². The molecule has 0 atom stereocenters. The Morgan fingerprint density at radius 1 is 0.846 bits per heavy atom. The van der Waals surface area contributed by atoms with E-state index in [-0.39, 0.29) is 16.3 Å². The quantitative estimate of drug-likeness (QED) is 0.348. The fraction of sp³-hybridized carbons (Fsp3) is 0.667. The van der Waals surface area contributed by atoms with Crippen LogP contribution in [0.1, 0.15) is 71.1 Å². The summed E-state index contributed by atoms with van der Waals surface area (Å²) in [6, 6.07) is 5.13. The van der Waals surface area contributed by atoms with Crippen LogP contribution in [0.2, 0.25) is 0 Å². The molecule has 0 saturated heterocycles. The van der Waals surface area contributed by atoms with Crippen molar-refractivity contribution in [3.8, 4) is 0 Å². The number of nitrogens with one attached hydrogen (secondary N) is 1. The van der Waals surface area contributed by atoms with E-state index in [2.05, 4.69) is 11.6 Å². The first-order chi connectivity index (χ1) is 12.2. The van der Waals surface area contributed by atoms with Crippen LogP contribution >= 0.6 is 0 Å². The van der Waals surface area contributed by atoms with Crippen molar-refractivity contribution in [3.05, 3.63) is 24.3 Å². The van der Waals surface area contributed by atoms with Crippen molar-refractivity contribution in [3.63, 3.8) is 0 Å². The lowest BCUT2D eigenvalue weighted by molar-refractivity contribution is 0.483. The van der Waals surface area contributed by atoms with Crippen LogP contribution in [-0.2, 0) is 20.1 Å². The van der Waals surface area contributed by atoms with Gasteiger partial charge in [-0.05, 0) is 24.6 Å². The molecule has 8 heteroatoms. The number of hydrogen-bond acceptors (Lipinski definition) is 4. The zero-order chi connectivity index (χ0) is 19.5. The number of hydrogen-bond donors (Lipinski definition) is 2. The molecule has 0 bridgehead atoms. The molecule has 6 nitrogen and oxygen atoms in total. The second-order valence-corrected chi connectivity index (χ2v) is 9.87. The number of sulfonamides is 1. The molecule has 0 fully saturated rings. The maximum absolute atomic E-state index is 12.1. The fourth-order valence-corrected chi connectivity index (χ4v) is 4.43. The summed E-state index contributed by atoms with van der Waals surface area (Å²) in [5, 5.41) is 0. The van der Waals surface area contributed by atoms with Gasteiger partial charge in [-0.2, -0.15) is 8.42 Å². The average Bonchev–Trinajstić information content (AvgIpc) is 2.55. The van der Waals surface area contributed by atoms with Gasteiger partial charge in [-0.25, -0.2) is 8.42 Å². The summed E-state index contributed by atoms with van der Waals surface area (Å²) in [4.78, 5) is -0.336. The summed E-state index contributed by atoms with van der Waals surface area (Å²) >= 11 is 0. The Hall–Kier alpha value is -1.12. The Morgan fingerprint density at radius 2 is 1.38 bits per heavy atom. The molecule has 1 aromatic carbocycles. The number of benzene rings is 1. The second-order valence-electron chi connectivity index (χ2n) is 6.61. The average molecular weight is 406 g/mol. The standard InChI is InChI=1S/C18H31NO5S2/c1-2-3-4-5-6-7-8-9-10-11-15-25(20,21)19-17-13-12-14-18(16-17)26(22,23)24/h12-14,16,19H,2-11,15H2,1H3,(H,22,23,24).